The van der Waals surface area contributed by atoms with E-state index in [0.29, 0.717) is 17.4 Å². The fraction of sp³-hybridized carbons (Fsp3) is 0.905. The van der Waals surface area contributed by atoms with E-state index >= 15 is 0 Å². The molecule has 0 rings (SSSR count). The predicted octanol–water partition coefficient (Wildman–Crippen LogP) is 7.37. The molecule has 0 fully saturated rings. The minimum absolute atomic E-state index is 0.334. The Balaban J connectivity index is 3.05. The van der Waals surface area contributed by atoms with Crippen molar-refractivity contribution in [3.05, 3.63) is 0 Å². The van der Waals surface area contributed by atoms with Crippen LogP contribution in [0.4, 0.5) is 0 Å². The van der Waals surface area contributed by atoms with Crippen molar-refractivity contribution in [2.75, 3.05) is 12.4 Å². The second-order valence-corrected chi connectivity index (χ2v) is 8.68. The van der Waals surface area contributed by atoms with Crippen molar-refractivity contribution in [2.45, 2.75) is 110 Å². The van der Waals surface area contributed by atoms with Crippen LogP contribution < -0.4 is 0 Å². The highest BCUT2D eigenvalue weighted by Gasteiger charge is 1.98. The normalized spacial score (nSPS) is 10.8. The van der Waals surface area contributed by atoms with Crippen molar-refractivity contribution in [3.63, 3.8) is 0 Å². The van der Waals surface area contributed by atoms with Crippen LogP contribution in [0, 0.1) is 0 Å². The van der Waals surface area contributed by atoms with E-state index in [1.54, 1.807) is 11.8 Å². The third-order valence-electron chi connectivity index (χ3n) is 4.52. The molecule has 0 bridgehead atoms. The number of carboxylic acids is 1. The van der Waals surface area contributed by atoms with Gasteiger partial charge < -0.3 is 9.84 Å². The first-order valence-electron chi connectivity index (χ1n) is 10.7. The first-order chi connectivity index (χ1) is 12.7. The summed E-state index contributed by atoms with van der Waals surface area (Å²) >= 11 is 6.77. The Morgan fingerprint density at radius 3 is 1.54 bits per heavy atom. The van der Waals surface area contributed by atoms with Gasteiger partial charge in [-0.15, -0.1) is 0 Å². The first-order valence-corrected chi connectivity index (χ1v) is 12.1. The molecule has 154 valence electrons. The lowest BCUT2D eigenvalue weighted by atomic mass is 10.0. The highest BCUT2D eigenvalue weighted by Crippen LogP contribution is 2.15. The van der Waals surface area contributed by atoms with Gasteiger partial charge in [0.05, 0.1) is 6.61 Å². The maximum absolute atomic E-state index is 10.4. The standard InChI is InChI=1S/C21H40O3S2/c1-2-24-21(25)26-19-17-15-13-11-9-7-5-3-4-6-8-10-12-14-16-18-20(22)23/h2-19H2,1H3,(H,22,23). The van der Waals surface area contributed by atoms with Crippen molar-refractivity contribution < 1.29 is 14.6 Å². The summed E-state index contributed by atoms with van der Waals surface area (Å²) in [6.45, 7) is 2.65. The number of aliphatic carboxylic acids is 1. The average Bonchev–Trinajstić information content (AvgIpc) is 2.60. The SMILES string of the molecule is CCOC(=S)SCCCCCCCCCCCCCCCCCC(=O)O. The number of hydrogen-bond donors (Lipinski definition) is 1. The number of thioether (sulfide) groups is 1. The Hall–Kier alpha value is -0.290. The predicted molar refractivity (Wildman–Crippen MR) is 118 cm³/mol. The molecule has 0 aromatic carbocycles. The number of hydrogen-bond acceptors (Lipinski definition) is 4. The van der Waals surface area contributed by atoms with Gasteiger partial charge in [-0.1, -0.05) is 95.2 Å². The summed E-state index contributed by atoms with van der Waals surface area (Å²) in [5, 5.41) is 8.56. The number of carboxylic acid groups (broad SMARTS) is 1. The molecular weight excluding hydrogens is 364 g/mol. The van der Waals surface area contributed by atoms with E-state index in [4.69, 9.17) is 22.1 Å². The van der Waals surface area contributed by atoms with Gasteiger partial charge in [0.25, 0.3) is 0 Å². The lowest BCUT2D eigenvalue weighted by molar-refractivity contribution is -0.137. The van der Waals surface area contributed by atoms with Gasteiger partial charge in [0.15, 0.2) is 0 Å². The molecule has 0 amide bonds. The van der Waals surface area contributed by atoms with Crippen molar-refractivity contribution in [1.29, 1.82) is 0 Å². The Kier molecular flexibility index (Phi) is 20.8. The highest BCUT2D eigenvalue weighted by molar-refractivity contribution is 8.22. The van der Waals surface area contributed by atoms with Crippen LogP contribution in [0.2, 0.25) is 0 Å². The minimum atomic E-state index is -0.661. The lowest BCUT2D eigenvalue weighted by Crippen LogP contribution is -1.96. The van der Waals surface area contributed by atoms with Gasteiger partial charge in [0, 0.05) is 12.2 Å². The molecule has 26 heavy (non-hydrogen) atoms. The zero-order chi connectivity index (χ0) is 19.3. The maximum atomic E-state index is 10.4. The van der Waals surface area contributed by atoms with Gasteiger partial charge in [0.2, 0.25) is 4.38 Å². The van der Waals surface area contributed by atoms with Crippen molar-refractivity contribution in [1.82, 2.24) is 0 Å². The van der Waals surface area contributed by atoms with Crippen LogP contribution in [-0.2, 0) is 9.53 Å². The largest absolute Gasteiger partial charge is 0.481 e. The van der Waals surface area contributed by atoms with Crippen LogP contribution in [0.3, 0.4) is 0 Å². The van der Waals surface area contributed by atoms with Gasteiger partial charge in [-0.25, -0.2) is 0 Å². The number of unbranched alkanes of at least 4 members (excludes halogenated alkanes) is 14. The first kappa shape index (κ1) is 25.7. The molecule has 0 saturated heterocycles. The van der Waals surface area contributed by atoms with Gasteiger partial charge in [-0.2, -0.15) is 0 Å². The molecule has 0 spiro atoms. The Labute approximate surface area is 171 Å². The second kappa shape index (κ2) is 21.0. The molecule has 1 N–H and O–H groups in total. The molecular formula is C21H40O3S2. The summed E-state index contributed by atoms with van der Waals surface area (Å²) in [6.07, 6.45) is 19.6. The van der Waals surface area contributed by atoms with Crippen molar-refractivity contribution in [3.8, 4) is 0 Å². The van der Waals surface area contributed by atoms with E-state index < -0.39 is 5.97 Å². The topological polar surface area (TPSA) is 46.5 Å². The third kappa shape index (κ3) is 21.8. The molecule has 0 aromatic rings. The number of rotatable bonds is 19. The smallest absolute Gasteiger partial charge is 0.303 e. The molecule has 0 aliphatic carbocycles. The quantitative estimate of drug-likeness (QED) is 0.180. The van der Waals surface area contributed by atoms with Crippen LogP contribution in [0.5, 0.6) is 0 Å². The minimum Gasteiger partial charge on any atom is -0.481 e. The molecule has 0 saturated carbocycles. The molecule has 3 nitrogen and oxygen atoms in total. The van der Waals surface area contributed by atoms with Crippen molar-refractivity contribution >= 4 is 34.3 Å². The Morgan fingerprint density at radius 2 is 1.15 bits per heavy atom. The number of ether oxygens (including phenoxy) is 1. The molecule has 0 aliphatic rings. The van der Waals surface area contributed by atoms with Crippen LogP contribution in [0.15, 0.2) is 0 Å². The van der Waals surface area contributed by atoms with Crippen LogP contribution in [0.25, 0.3) is 0 Å². The third-order valence-corrected chi connectivity index (χ3v) is 5.83. The second-order valence-electron chi connectivity index (χ2n) is 6.98. The molecule has 0 atom stereocenters. The zero-order valence-corrected chi connectivity index (χ0v) is 18.4. The summed E-state index contributed by atoms with van der Waals surface area (Å²) in [6, 6.07) is 0. The van der Waals surface area contributed by atoms with E-state index in [1.807, 2.05) is 6.92 Å². The van der Waals surface area contributed by atoms with E-state index in [0.717, 1.165) is 18.6 Å². The van der Waals surface area contributed by atoms with Crippen LogP contribution in [-0.4, -0.2) is 27.8 Å². The molecule has 0 aliphatic heterocycles. The summed E-state index contributed by atoms with van der Waals surface area (Å²) in [5.74, 6) is 0.435. The summed E-state index contributed by atoms with van der Waals surface area (Å²) in [5.41, 5.74) is 0. The summed E-state index contributed by atoms with van der Waals surface area (Å²) in [7, 11) is 0. The molecule has 0 unspecified atom stereocenters. The maximum Gasteiger partial charge on any atom is 0.303 e. The van der Waals surface area contributed by atoms with Gasteiger partial charge in [0.1, 0.15) is 0 Å². The fourth-order valence-electron chi connectivity index (χ4n) is 2.99. The Morgan fingerprint density at radius 1 is 0.769 bits per heavy atom. The fourth-order valence-corrected chi connectivity index (χ4v) is 4.08. The molecule has 5 heteroatoms. The van der Waals surface area contributed by atoms with E-state index in [1.165, 1.54) is 83.5 Å². The monoisotopic (exact) mass is 404 g/mol. The van der Waals surface area contributed by atoms with E-state index in [2.05, 4.69) is 0 Å². The van der Waals surface area contributed by atoms with Gasteiger partial charge >= 0.3 is 5.97 Å². The van der Waals surface area contributed by atoms with E-state index in [-0.39, 0.29) is 0 Å². The van der Waals surface area contributed by atoms with Crippen LogP contribution >= 0.6 is 24.0 Å². The highest BCUT2D eigenvalue weighted by atomic mass is 32.2. The number of carbonyl (C=O) groups is 1. The summed E-state index contributed by atoms with van der Waals surface area (Å²) < 4.78 is 5.95. The Bertz CT molecular complexity index is 335. The molecule has 0 radical (unpaired) electrons. The molecule has 0 heterocycles. The van der Waals surface area contributed by atoms with Gasteiger partial charge in [-0.05, 0) is 32.0 Å². The number of thiocarbonyl (C=S) groups is 1. The van der Waals surface area contributed by atoms with E-state index in [9.17, 15) is 4.79 Å². The van der Waals surface area contributed by atoms with Crippen molar-refractivity contribution in [2.24, 2.45) is 0 Å². The van der Waals surface area contributed by atoms with Gasteiger partial charge in [-0.3, -0.25) is 4.79 Å². The molecule has 0 aromatic heterocycles. The zero-order valence-electron chi connectivity index (χ0n) is 16.8. The summed E-state index contributed by atoms with van der Waals surface area (Å²) in [4.78, 5) is 10.4. The average molecular weight is 405 g/mol. The lowest BCUT2D eigenvalue weighted by Gasteiger charge is -2.05. The van der Waals surface area contributed by atoms with Crippen LogP contribution in [0.1, 0.15) is 110 Å².